The molecule has 0 unspecified atom stereocenters. The highest BCUT2D eigenvalue weighted by Gasteiger charge is 2.32. The van der Waals surface area contributed by atoms with Crippen LogP contribution in [0.5, 0.6) is 17.2 Å². The first-order valence-corrected chi connectivity index (χ1v) is 10.0. The Labute approximate surface area is 177 Å². The number of piperazine rings is 1. The summed E-state index contributed by atoms with van der Waals surface area (Å²) in [4.78, 5) is 17.0. The highest BCUT2D eigenvalue weighted by molar-refractivity contribution is 5.78. The summed E-state index contributed by atoms with van der Waals surface area (Å²) in [6.07, 6.45) is 0. The number of carbonyl (C=O) groups excluding carboxylic acids is 1. The number of ether oxygens (including phenoxy) is 3. The molecule has 1 fully saturated rings. The van der Waals surface area contributed by atoms with E-state index in [9.17, 15) is 9.18 Å². The van der Waals surface area contributed by atoms with Crippen molar-refractivity contribution in [2.45, 2.75) is 32.5 Å². The number of hydrogen-bond donors (Lipinski definition) is 0. The fourth-order valence-electron chi connectivity index (χ4n) is 3.78. The van der Waals surface area contributed by atoms with Gasteiger partial charge in [0.05, 0.1) is 14.2 Å². The van der Waals surface area contributed by atoms with Crippen LogP contribution in [-0.2, 0) is 11.3 Å². The molecule has 3 rings (SSSR count). The van der Waals surface area contributed by atoms with Crippen molar-refractivity contribution in [3.63, 3.8) is 0 Å². The minimum atomic E-state index is -0.233. The Kier molecular flexibility index (Phi) is 7.15. The number of nitrogens with zero attached hydrogens (tertiary/aromatic N) is 2. The van der Waals surface area contributed by atoms with Crippen molar-refractivity contribution in [1.82, 2.24) is 9.80 Å². The van der Waals surface area contributed by atoms with E-state index in [1.807, 2.05) is 11.8 Å². The van der Waals surface area contributed by atoms with Gasteiger partial charge < -0.3 is 19.1 Å². The van der Waals surface area contributed by atoms with E-state index >= 15 is 0 Å². The van der Waals surface area contributed by atoms with E-state index in [0.29, 0.717) is 23.8 Å². The number of para-hydroxylation sites is 1. The molecule has 0 aliphatic carbocycles. The minimum absolute atomic E-state index is 0.0463. The van der Waals surface area contributed by atoms with E-state index in [4.69, 9.17) is 14.2 Å². The van der Waals surface area contributed by atoms with E-state index in [-0.39, 0.29) is 30.4 Å². The largest absolute Gasteiger partial charge is 0.493 e. The number of benzene rings is 2. The van der Waals surface area contributed by atoms with Crippen molar-refractivity contribution in [3.05, 3.63) is 53.8 Å². The molecule has 30 heavy (non-hydrogen) atoms. The number of hydrogen-bond acceptors (Lipinski definition) is 5. The van der Waals surface area contributed by atoms with Crippen LogP contribution >= 0.6 is 0 Å². The average Bonchev–Trinajstić information content (AvgIpc) is 2.75. The zero-order valence-corrected chi connectivity index (χ0v) is 17.9. The van der Waals surface area contributed by atoms with Crippen LogP contribution in [0.4, 0.5) is 4.39 Å². The second kappa shape index (κ2) is 9.80. The molecule has 7 heteroatoms. The first-order chi connectivity index (χ1) is 14.4. The lowest BCUT2D eigenvalue weighted by molar-refractivity contribution is -0.139. The van der Waals surface area contributed by atoms with Gasteiger partial charge in [-0.2, -0.15) is 0 Å². The summed E-state index contributed by atoms with van der Waals surface area (Å²) in [6.45, 7) is 6.14. The van der Waals surface area contributed by atoms with Gasteiger partial charge in [0.2, 0.25) is 5.75 Å². The fraction of sp³-hybridized carbons (Fsp3) is 0.435. The first-order valence-electron chi connectivity index (χ1n) is 10.0. The highest BCUT2D eigenvalue weighted by atomic mass is 19.1. The molecular formula is C23H29FN2O4. The van der Waals surface area contributed by atoms with E-state index in [0.717, 1.165) is 18.7 Å². The number of methoxy groups -OCH3 is 2. The van der Waals surface area contributed by atoms with E-state index in [1.165, 1.54) is 19.2 Å². The Morgan fingerprint density at radius 1 is 1.00 bits per heavy atom. The van der Waals surface area contributed by atoms with Gasteiger partial charge in [0.25, 0.3) is 5.91 Å². The normalized spacial score (nSPS) is 19.4. The molecule has 0 spiro atoms. The molecule has 1 amide bonds. The smallest absolute Gasteiger partial charge is 0.260 e. The van der Waals surface area contributed by atoms with Gasteiger partial charge in [0.1, 0.15) is 5.82 Å². The Morgan fingerprint density at radius 2 is 1.70 bits per heavy atom. The highest BCUT2D eigenvalue weighted by Crippen LogP contribution is 2.36. The maximum absolute atomic E-state index is 13.1. The summed E-state index contributed by atoms with van der Waals surface area (Å²) in [6, 6.07) is 12.1. The number of carbonyl (C=O) groups is 1. The third-order valence-electron chi connectivity index (χ3n) is 5.45. The predicted molar refractivity (Wildman–Crippen MR) is 112 cm³/mol. The second-order valence-corrected chi connectivity index (χ2v) is 7.58. The molecule has 0 bridgehead atoms. The van der Waals surface area contributed by atoms with Crippen molar-refractivity contribution in [2.24, 2.45) is 0 Å². The monoisotopic (exact) mass is 416 g/mol. The van der Waals surface area contributed by atoms with Crippen molar-refractivity contribution in [1.29, 1.82) is 0 Å². The van der Waals surface area contributed by atoms with Crippen LogP contribution in [0.25, 0.3) is 0 Å². The topological polar surface area (TPSA) is 51.2 Å². The van der Waals surface area contributed by atoms with E-state index in [2.05, 4.69) is 11.8 Å². The Bertz CT molecular complexity index is 859. The summed E-state index contributed by atoms with van der Waals surface area (Å²) in [5, 5.41) is 0. The maximum Gasteiger partial charge on any atom is 0.260 e. The molecule has 0 saturated carbocycles. The molecule has 0 N–H and O–H groups in total. The third-order valence-corrected chi connectivity index (χ3v) is 5.45. The quantitative estimate of drug-likeness (QED) is 0.693. The van der Waals surface area contributed by atoms with Crippen LogP contribution in [0, 0.1) is 5.82 Å². The molecule has 0 aromatic heterocycles. The lowest BCUT2D eigenvalue weighted by Gasteiger charge is -2.44. The van der Waals surface area contributed by atoms with Crippen molar-refractivity contribution in [2.75, 3.05) is 33.9 Å². The van der Waals surface area contributed by atoms with E-state index in [1.54, 1.807) is 37.4 Å². The SMILES string of the molecule is COc1cccc(OCC(=O)N2C[C@@H](C)N(Cc3ccc(F)cc3)C[C@@H]2C)c1OC. The number of halogens is 1. The zero-order valence-electron chi connectivity index (χ0n) is 17.9. The zero-order chi connectivity index (χ0) is 21.7. The molecule has 1 aliphatic heterocycles. The van der Waals surface area contributed by atoms with Crippen molar-refractivity contribution in [3.8, 4) is 17.2 Å². The van der Waals surface area contributed by atoms with Gasteiger partial charge in [-0.1, -0.05) is 18.2 Å². The molecule has 0 radical (unpaired) electrons. The van der Waals surface area contributed by atoms with Gasteiger partial charge >= 0.3 is 0 Å². The van der Waals surface area contributed by atoms with Crippen LogP contribution in [0.2, 0.25) is 0 Å². The Hall–Kier alpha value is -2.80. The summed E-state index contributed by atoms with van der Waals surface area (Å²) >= 11 is 0. The molecule has 2 atom stereocenters. The van der Waals surface area contributed by atoms with Crippen LogP contribution in [0.3, 0.4) is 0 Å². The molecule has 1 aliphatic rings. The van der Waals surface area contributed by atoms with Crippen LogP contribution in [-0.4, -0.2) is 61.7 Å². The maximum atomic E-state index is 13.1. The predicted octanol–water partition coefficient (Wildman–Crippen LogP) is 3.34. The summed E-state index contributed by atoms with van der Waals surface area (Å²) in [5.74, 6) is 1.20. The average molecular weight is 416 g/mol. The Morgan fingerprint density at radius 3 is 2.37 bits per heavy atom. The summed E-state index contributed by atoms with van der Waals surface area (Å²) in [7, 11) is 3.10. The fourth-order valence-corrected chi connectivity index (χ4v) is 3.78. The minimum Gasteiger partial charge on any atom is -0.493 e. The summed E-state index contributed by atoms with van der Waals surface area (Å²) in [5.41, 5.74) is 1.06. The lowest BCUT2D eigenvalue weighted by atomic mass is 10.1. The van der Waals surface area contributed by atoms with Crippen molar-refractivity contribution < 1.29 is 23.4 Å². The molecule has 162 valence electrons. The second-order valence-electron chi connectivity index (χ2n) is 7.58. The van der Waals surface area contributed by atoms with Gasteiger partial charge in [-0.05, 0) is 43.7 Å². The van der Waals surface area contributed by atoms with Crippen LogP contribution in [0.15, 0.2) is 42.5 Å². The lowest BCUT2D eigenvalue weighted by Crippen LogP contribution is -2.58. The van der Waals surface area contributed by atoms with Gasteiger partial charge in [0.15, 0.2) is 18.1 Å². The van der Waals surface area contributed by atoms with Gasteiger partial charge in [0, 0.05) is 31.7 Å². The molecule has 6 nitrogen and oxygen atoms in total. The third kappa shape index (κ3) is 5.02. The molecule has 2 aromatic carbocycles. The van der Waals surface area contributed by atoms with Crippen molar-refractivity contribution >= 4 is 5.91 Å². The van der Waals surface area contributed by atoms with Crippen LogP contribution < -0.4 is 14.2 Å². The van der Waals surface area contributed by atoms with Gasteiger partial charge in [-0.3, -0.25) is 9.69 Å². The van der Waals surface area contributed by atoms with Gasteiger partial charge in [-0.15, -0.1) is 0 Å². The number of rotatable bonds is 7. The molecule has 1 heterocycles. The Balaban J connectivity index is 1.59. The summed E-state index contributed by atoms with van der Waals surface area (Å²) < 4.78 is 29.5. The van der Waals surface area contributed by atoms with Gasteiger partial charge in [-0.25, -0.2) is 4.39 Å². The molecule has 2 aromatic rings. The molecular weight excluding hydrogens is 387 g/mol. The molecule has 1 saturated heterocycles. The standard InChI is InChI=1S/C23H29FN2O4/c1-16-13-26(17(2)12-25(16)14-18-8-10-19(24)11-9-18)22(27)15-30-21-7-5-6-20(28-3)23(21)29-4/h5-11,16-17H,12-15H2,1-4H3/t16-,17+/m1/s1. The van der Waals surface area contributed by atoms with E-state index < -0.39 is 0 Å². The first kappa shape index (κ1) is 21.9. The number of amides is 1. The van der Waals surface area contributed by atoms with Crippen LogP contribution in [0.1, 0.15) is 19.4 Å².